The van der Waals surface area contributed by atoms with Crippen LogP contribution in [0.1, 0.15) is 31.4 Å². The topological polar surface area (TPSA) is 46.2 Å². The molecule has 0 bridgehead atoms. The zero-order chi connectivity index (χ0) is 10.6. The number of hydrogen-bond acceptors (Lipinski definition) is 2. The average molecular weight is 250 g/mol. The van der Waals surface area contributed by atoms with Crippen molar-refractivity contribution in [2.24, 2.45) is 5.73 Å². The monoisotopic (exact) mass is 249 g/mol. The van der Waals surface area contributed by atoms with Crippen LogP contribution in [-0.4, -0.2) is 11.2 Å². The molecule has 0 aliphatic carbocycles. The van der Waals surface area contributed by atoms with E-state index in [4.69, 9.17) is 17.3 Å². The van der Waals surface area contributed by atoms with Crippen molar-refractivity contribution < 1.29 is 5.11 Å². The molecule has 1 rings (SSSR count). The molecule has 0 radical (unpaired) electrons. The van der Waals surface area contributed by atoms with Crippen LogP contribution < -0.4 is 5.73 Å². The molecule has 0 saturated carbocycles. The summed E-state index contributed by atoms with van der Waals surface area (Å²) in [7, 11) is 0. The number of benzene rings is 1. The largest absolute Gasteiger partial charge is 0.391 e. The van der Waals surface area contributed by atoms with Gasteiger partial charge in [-0.1, -0.05) is 37.1 Å². The quantitative estimate of drug-likeness (QED) is 0.863. The fourth-order valence-electron chi connectivity index (χ4n) is 1.38. The molecule has 0 aromatic heterocycles. The lowest BCUT2D eigenvalue weighted by atomic mass is 9.99. The van der Waals surface area contributed by atoms with Gasteiger partial charge in [0.15, 0.2) is 0 Å². The van der Waals surface area contributed by atoms with Gasteiger partial charge in [0.1, 0.15) is 0 Å². The van der Waals surface area contributed by atoms with Crippen LogP contribution in [-0.2, 0) is 0 Å². The number of hydrogen-bond donors (Lipinski definition) is 2. The van der Waals surface area contributed by atoms with Gasteiger partial charge in [-0.2, -0.15) is 0 Å². The van der Waals surface area contributed by atoms with E-state index in [2.05, 4.69) is 0 Å². The van der Waals surface area contributed by atoms with Gasteiger partial charge in [0, 0.05) is 5.02 Å². The van der Waals surface area contributed by atoms with Crippen LogP contribution in [0.25, 0.3) is 0 Å². The van der Waals surface area contributed by atoms with Crippen molar-refractivity contribution in [3.05, 3.63) is 34.9 Å². The van der Waals surface area contributed by atoms with Crippen LogP contribution in [0.5, 0.6) is 0 Å². The molecule has 2 atom stereocenters. The van der Waals surface area contributed by atoms with E-state index < -0.39 is 6.10 Å². The van der Waals surface area contributed by atoms with Crippen molar-refractivity contribution in [2.45, 2.75) is 31.9 Å². The van der Waals surface area contributed by atoms with Gasteiger partial charge in [0.2, 0.25) is 0 Å². The van der Waals surface area contributed by atoms with E-state index in [0.717, 1.165) is 18.4 Å². The highest BCUT2D eigenvalue weighted by Crippen LogP contribution is 2.19. The minimum atomic E-state index is -0.471. The molecule has 0 saturated heterocycles. The van der Waals surface area contributed by atoms with Crippen molar-refractivity contribution in [1.82, 2.24) is 0 Å². The number of aliphatic hydroxyl groups excluding tert-OH is 1. The molecule has 3 N–H and O–H groups in total. The summed E-state index contributed by atoms with van der Waals surface area (Å²) in [6, 6.07) is 6.97. The fourth-order valence-corrected chi connectivity index (χ4v) is 1.51. The first-order chi connectivity index (χ1) is 6.65. The van der Waals surface area contributed by atoms with Crippen molar-refractivity contribution in [3.63, 3.8) is 0 Å². The van der Waals surface area contributed by atoms with Crippen LogP contribution in [0.4, 0.5) is 0 Å². The summed E-state index contributed by atoms with van der Waals surface area (Å²) in [5.74, 6) is 0. The molecule has 15 heavy (non-hydrogen) atoms. The Morgan fingerprint density at radius 1 is 1.33 bits per heavy atom. The first kappa shape index (κ1) is 14.7. The fraction of sp³-hybridized carbons (Fsp3) is 0.455. The van der Waals surface area contributed by atoms with Gasteiger partial charge < -0.3 is 10.8 Å². The summed E-state index contributed by atoms with van der Waals surface area (Å²) in [5.41, 5.74) is 6.81. The van der Waals surface area contributed by atoms with Gasteiger partial charge in [-0.25, -0.2) is 0 Å². The maximum atomic E-state index is 9.68. The molecule has 1 aromatic carbocycles. The van der Waals surface area contributed by atoms with E-state index in [1.165, 1.54) is 0 Å². The number of halogens is 2. The highest BCUT2D eigenvalue weighted by molar-refractivity contribution is 6.30. The van der Waals surface area contributed by atoms with Crippen LogP contribution >= 0.6 is 24.0 Å². The van der Waals surface area contributed by atoms with E-state index in [1.54, 1.807) is 12.1 Å². The van der Waals surface area contributed by atoms with Crippen molar-refractivity contribution >= 4 is 24.0 Å². The van der Waals surface area contributed by atoms with E-state index in [9.17, 15) is 5.11 Å². The Morgan fingerprint density at radius 3 is 2.33 bits per heavy atom. The smallest absolute Gasteiger partial charge is 0.0732 e. The predicted octanol–water partition coefficient (Wildman–Crippen LogP) is 2.92. The number of aliphatic hydroxyl groups is 1. The minimum absolute atomic E-state index is 0. The molecular formula is C11H17Cl2NO. The molecule has 0 spiro atoms. The van der Waals surface area contributed by atoms with E-state index >= 15 is 0 Å². The normalized spacial score (nSPS) is 14.1. The Hall–Kier alpha value is -0.280. The van der Waals surface area contributed by atoms with Crippen LogP contribution in [0.3, 0.4) is 0 Å². The highest BCUT2D eigenvalue weighted by atomic mass is 35.5. The average Bonchev–Trinajstić information content (AvgIpc) is 2.18. The van der Waals surface area contributed by atoms with E-state index in [1.807, 2.05) is 19.1 Å². The third-order valence-electron chi connectivity index (χ3n) is 2.25. The van der Waals surface area contributed by atoms with Gasteiger partial charge in [-0.3, -0.25) is 0 Å². The zero-order valence-electron chi connectivity index (χ0n) is 8.69. The lowest BCUT2D eigenvalue weighted by Gasteiger charge is -2.18. The first-order valence-electron chi connectivity index (χ1n) is 4.84. The van der Waals surface area contributed by atoms with E-state index in [-0.39, 0.29) is 18.4 Å². The molecule has 4 heteroatoms. The Morgan fingerprint density at radius 2 is 1.87 bits per heavy atom. The molecule has 86 valence electrons. The second-order valence-electron chi connectivity index (χ2n) is 3.43. The number of nitrogens with two attached hydrogens (primary N) is 1. The summed E-state index contributed by atoms with van der Waals surface area (Å²) in [6.07, 6.45) is 1.19. The van der Waals surface area contributed by atoms with Gasteiger partial charge in [0.05, 0.1) is 12.1 Å². The molecule has 0 aliphatic heterocycles. The lowest BCUT2D eigenvalue weighted by molar-refractivity contribution is 0.134. The maximum absolute atomic E-state index is 9.68. The Bertz CT molecular complexity index is 276. The van der Waals surface area contributed by atoms with Crippen LogP contribution in [0, 0.1) is 0 Å². The third kappa shape index (κ3) is 4.39. The van der Waals surface area contributed by atoms with E-state index in [0.29, 0.717) is 5.02 Å². The summed E-state index contributed by atoms with van der Waals surface area (Å²) >= 11 is 5.75. The molecule has 0 amide bonds. The summed E-state index contributed by atoms with van der Waals surface area (Å²) in [6.45, 7) is 2.03. The van der Waals surface area contributed by atoms with Crippen LogP contribution in [0.15, 0.2) is 24.3 Å². The third-order valence-corrected chi connectivity index (χ3v) is 2.51. The maximum Gasteiger partial charge on any atom is 0.0732 e. The lowest BCUT2D eigenvalue weighted by Crippen LogP contribution is -2.25. The van der Waals surface area contributed by atoms with Gasteiger partial charge >= 0.3 is 0 Å². The molecule has 0 fully saturated rings. The van der Waals surface area contributed by atoms with Gasteiger partial charge in [0.25, 0.3) is 0 Å². The molecule has 1 aromatic rings. The minimum Gasteiger partial charge on any atom is -0.391 e. The molecule has 0 heterocycles. The first-order valence-corrected chi connectivity index (χ1v) is 5.22. The Balaban J connectivity index is 0.00000196. The number of rotatable bonds is 4. The predicted molar refractivity (Wildman–Crippen MR) is 66.5 cm³/mol. The SMILES string of the molecule is CCC[C@H](O)[C@H](N)c1ccc(Cl)cc1.Cl. The van der Waals surface area contributed by atoms with Crippen LogP contribution in [0.2, 0.25) is 5.02 Å². The standard InChI is InChI=1S/C11H16ClNO.ClH/c1-2-3-10(14)11(13)8-4-6-9(12)7-5-8;/h4-7,10-11,14H,2-3,13H2,1H3;1H/t10-,11+;/m0./s1. The molecule has 0 aliphatic rings. The summed E-state index contributed by atoms with van der Waals surface area (Å²) < 4.78 is 0. The second-order valence-corrected chi connectivity index (χ2v) is 3.87. The second kappa shape index (κ2) is 7.07. The Labute approximate surface area is 102 Å². The Kier molecular flexibility index (Phi) is 6.94. The molecule has 0 unspecified atom stereocenters. The van der Waals surface area contributed by atoms with Gasteiger partial charge in [-0.15, -0.1) is 12.4 Å². The molecule has 2 nitrogen and oxygen atoms in total. The molecular weight excluding hydrogens is 233 g/mol. The van der Waals surface area contributed by atoms with Gasteiger partial charge in [-0.05, 0) is 24.1 Å². The summed E-state index contributed by atoms with van der Waals surface area (Å²) in [4.78, 5) is 0. The summed E-state index contributed by atoms with van der Waals surface area (Å²) in [5, 5.41) is 10.4. The highest BCUT2D eigenvalue weighted by Gasteiger charge is 2.15. The van der Waals surface area contributed by atoms with Crippen molar-refractivity contribution in [1.29, 1.82) is 0 Å². The van der Waals surface area contributed by atoms with Crippen molar-refractivity contribution in [3.8, 4) is 0 Å². The van der Waals surface area contributed by atoms with Crippen molar-refractivity contribution in [2.75, 3.05) is 0 Å². The zero-order valence-corrected chi connectivity index (χ0v) is 10.3.